The van der Waals surface area contributed by atoms with Gasteiger partial charge in [0.05, 0.1) is 6.61 Å². The molecule has 2 aliphatic heterocycles. The Balaban J connectivity index is 0.00000181. The zero-order chi connectivity index (χ0) is 21.3. The van der Waals surface area contributed by atoms with Crippen molar-refractivity contribution in [2.45, 2.75) is 50.3 Å². The number of hydrogen-bond acceptors (Lipinski definition) is 6. The molecule has 0 unspecified atom stereocenters. The summed E-state index contributed by atoms with van der Waals surface area (Å²) in [4.78, 5) is 7.28. The van der Waals surface area contributed by atoms with Crippen molar-refractivity contribution in [2.24, 2.45) is 0 Å². The molecular formula is C20H29Cl3F2N6O. The van der Waals surface area contributed by atoms with E-state index in [0.717, 1.165) is 44.8 Å². The summed E-state index contributed by atoms with van der Waals surface area (Å²) >= 11 is 6.00. The predicted molar refractivity (Wildman–Crippen MR) is 127 cm³/mol. The highest BCUT2D eigenvalue weighted by atomic mass is 35.5. The minimum absolute atomic E-state index is 0. The van der Waals surface area contributed by atoms with E-state index in [1.165, 1.54) is 0 Å². The van der Waals surface area contributed by atoms with Gasteiger partial charge in [0.25, 0.3) is 5.92 Å². The monoisotopic (exact) mass is 512 g/mol. The predicted octanol–water partition coefficient (Wildman–Crippen LogP) is 3.82. The minimum atomic E-state index is -2.87. The van der Waals surface area contributed by atoms with Crippen LogP contribution < -0.4 is 10.6 Å². The highest BCUT2D eigenvalue weighted by Crippen LogP contribution is 2.31. The van der Waals surface area contributed by atoms with Crippen molar-refractivity contribution >= 4 is 48.3 Å². The topological polar surface area (TPSA) is 83.3 Å². The molecule has 1 aromatic heterocycles. The van der Waals surface area contributed by atoms with Crippen LogP contribution in [0.1, 0.15) is 25.3 Å². The number of aromatic nitrogens is 3. The lowest BCUT2D eigenvalue weighted by Crippen LogP contribution is -2.60. The van der Waals surface area contributed by atoms with E-state index in [1.807, 2.05) is 24.3 Å². The van der Waals surface area contributed by atoms with E-state index in [1.54, 1.807) is 0 Å². The maximum atomic E-state index is 14.0. The number of alkyl halides is 2. The largest absolute Gasteiger partial charge is 0.369 e. The van der Waals surface area contributed by atoms with Crippen LogP contribution >= 0.6 is 36.4 Å². The number of nitrogens with one attached hydrogen (secondary N) is 1. The molecule has 0 aliphatic carbocycles. The Bertz CT molecular complexity index is 843. The molecule has 0 saturated carbocycles. The highest BCUT2D eigenvalue weighted by molar-refractivity contribution is 6.30. The van der Waals surface area contributed by atoms with Crippen molar-refractivity contribution < 1.29 is 13.5 Å². The van der Waals surface area contributed by atoms with Crippen molar-refractivity contribution in [3.8, 4) is 0 Å². The smallest absolute Gasteiger partial charge is 0.272 e. The lowest BCUT2D eigenvalue weighted by atomic mass is 9.95. The lowest BCUT2D eigenvalue weighted by Gasteiger charge is -2.47. The molecule has 180 valence electrons. The number of rotatable bonds is 5. The van der Waals surface area contributed by atoms with Crippen LogP contribution in [0.3, 0.4) is 0 Å². The van der Waals surface area contributed by atoms with Crippen LogP contribution in [-0.4, -0.2) is 70.4 Å². The third kappa shape index (κ3) is 6.35. The van der Waals surface area contributed by atoms with Gasteiger partial charge in [-0.15, -0.1) is 35.0 Å². The summed E-state index contributed by atoms with van der Waals surface area (Å²) in [5.41, 5.74) is 6.75. The average molecular weight is 514 g/mol. The van der Waals surface area contributed by atoms with Crippen LogP contribution in [0.2, 0.25) is 5.02 Å². The first kappa shape index (κ1) is 26.9. The van der Waals surface area contributed by atoms with Gasteiger partial charge in [0.2, 0.25) is 11.9 Å². The summed E-state index contributed by atoms with van der Waals surface area (Å²) in [6.07, 6.45) is 1.34. The number of nitrogens with two attached hydrogens (primary N) is 1. The molecule has 3 heterocycles. The maximum absolute atomic E-state index is 14.0. The first-order valence-corrected chi connectivity index (χ1v) is 10.6. The summed E-state index contributed by atoms with van der Waals surface area (Å²) in [5, 5.41) is 8.55. The second-order valence-corrected chi connectivity index (χ2v) is 8.65. The Morgan fingerprint density at radius 2 is 1.84 bits per heavy atom. The molecule has 0 radical (unpaired) electrons. The molecule has 0 spiro atoms. The number of morpholine rings is 1. The number of piperidine rings is 1. The number of hydrogen-bond donors (Lipinski definition) is 2. The molecule has 3 N–H and O–H groups in total. The molecule has 1 aromatic carbocycles. The Labute approximate surface area is 203 Å². The number of benzene rings is 1. The number of nitrogen functional groups attached to an aromatic ring is 1. The summed E-state index contributed by atoms with van der Waals surface area (Å²) in [6, 6.07) is 7.93. The van der Waals surface area contributed by atoms with Gasteiger partial charge < -0.3 is 15.4 Å². The van der Waals surface area contributed by atoms with E-state index < -0.39 is 12.0 Å². The van der Waals surface area contributed by atoms with Gasteiger partial charge in [-0.25, -0.2) is 8.78 Å². The highest BCUT2D eigenvalue weighted by Gasteiger charge is 2.43. The number of H-pyrrole nitrogens is 1. The summed E-state index contributed by atoms with van der Waals surface area (Å²) in [6.45, 7) is 2.97. The second kappa shape index (κ2) is 11.2. The van der Waals surface area contributed by atoms with Gasteiger partial charge in [-0.1, -0.05) is 23.7 Å². The van der Waals surface area contributed by atoms with Crippen molar-refractivity contribution in [3.63, 3.8) is 0 Å². The standard InChI is InChI=1S/C20H27ClF2N6O.2ClH/c1-20(22,23)17-11-29(16(12-30-17)10-13-2-4-14(21)5-3-13)15-6-8-28(9-7-15)19-25-18(24)26-27-19;;/h2-5,15-17H,6-12H2,1H3,(H3,24,25,26,27);2*1H/t16-,17+;;/m0../s1. The molecule has 2 aromatic rings. The fourth-order valence-electron chi connectivity index (χ4n) is 4.36. The Morgan fingerprint density at radius 3 is 2.41 bits per heavy atom. The molecular weight excluding hydrogens is 485 g/mol. The quantitative estimate of drug-likeness (QED) is 0.632. The Hall–Kier alpha value is -1.39. The first-order chi connectivity index (χ1) is 14.3. The molecule has 32 heavy (non-hydrogen) atoms. The molecule has 7 nitrogen and oxygen atoms in total. The fraction of sp³-hybridized carbons (Fsp3) is 0.600. The first-order valence-electron chi connectivity index (χ1n) is 10.2. The Kier molecular flexibility index (Phi) is 9.36. The average Bonchev–Trinajstić information content (AvgIpc) is 3.16. The number of aromatic amines is 1. The van der Waals surface area contributed by atoms with Gasteiger partial charge in [0.1, 0.15) is 6.10 Å². The molecule has 0 bridgehead atoms. The molecule has 2 atom stereocenters. The van der Waals surface area contributed by atoms with E-state index in [9.17, 15) is 8.78 Å². The van der Waals surface area contributed by atoms with Crippen molar-refractivity contribution in [2.75, 3.05) is 36.9 Å². The lowest BCUT2D eigenvalue weighted by molar-refractivity contribution is -0.178. The summed E-state index contributed by atoms with van der Waals surface area (Å²) < 4.78 is 33.7. The number of ether oxygens (including phenoxy) is 1. The minimum Gasteiger partial charge on any atom is -0.369 e. The van der Waals surface area contributed by atoms with Crippen molar-refractivity contribution in [3.05, 3.63) is 34.9 Å². The third-order valence-corrected chi connectivity index (χ3v) is 6.26. The van der Waals surface area contributed by atoms with Crippen LogP contribution in [0.15, 0.2) is 24.3 Å². The van der Waals surface area contributed by atoms with Gasteiger partial charge in [0, 0.05) is 43.7 Å². The zero-order valence-corrected chi connectivity index (χ0v) is 20.1. The van der Waals surface area contributed by atoms with Gasteiger partial charge in [0.15, 0.2) is 0 Å². The normalized spacial score (nSPS) is 22.8. The zero-order valence-electron chi connectivity index (χ0n) is 17.7. The van der Waals surface area contributed by atoms with Crippen LogP contribution in [0.5, 0.6) is 0 Å². The van der Waals surface area contributed by atoms with Crippen LogP contribution in [0.25, 0.3) is 0 Å². The Morgan fingerprint density at radius 1 is 1.19 bits per heavy atom. The van der Waals surface area contributed by atoms with Crippen LogP contribution in [0, 0.1) is 0 Å². The molecule has 2 aliphatic rings. The SMILES string of the molecule is CC(F)(F)[C@H]1CN(C2CCN(c3nnc(N)[nH]3)CC2)[C@@H](Cc2ccc(Cl)cc2)CO1.Cl.Cl. The molecule has 2 fully saturated rings. The fourth-order valence-corrected chi connectivity index (χ4v) is 4.48. The number of nitrogens with zero attached hydrogens (tertiary/aromatic N) is 4. The van der Waals surface area contributed by atoms with Crippen LogP contribution in [0.4, 0.5) is 20.7 Å². The number of anilines is 2. The van der Waals surface area contributed by atoms with Gasteiger partial charge in [-0.3, -0.25) is 9.88 Å². The maximum Gasteiger partial charge on any atom is 0.272 e. The van der Waals surface area contributed by atoms with E-state index in [2.05, 4.69) is 25.0 Å². The van der Waals surface area contributed by atoms with E-state index in [-0.39, 0.29) is 56.0 Å². The summed E-state index contributed by atoms with van der Waals surface area (Å²) in [7, 11) is 0. The van der Waals surface area contributed by atoms with Gasteiger partial charge in [-0.2, -0.15) is 0 Å². The molecule has 12 heteroatoms. The third-order valence-electron chi connectivity index (χ3n) is 6.01. The number of halogens is 5. The van der Waals surface area contributed by atoms with Crippen molar-refractivity contribution in [1.82, 2.24) is 20.1 Å². The van der Waals surface area contributed by atoms with E-state index in [4.69, 9.17) is 22.1 Å². The van der Waals surface area contributed by atoms with Gasteiger partial charge in [-0.05, 0) is 37.0 Å². The second-order valence-electron chi connectivity index (χ2n) is 8.21. The molecule has 0 amide bonds. The van der Waals surface area contributed by atoms with E-state index >= 15 is 0 Å². The van der Waals surface area contributed by atoms with Gasteiger partial charge >= 0.3 is 0 Å². The summed E-state index contributed by atoms with van der Waals surface area (Å²) in [5.74, 6) is -1.93. The van der Waals surface area contributed by atoms with Crippen molar-refractivity contribution in [1.29, 1.82) is 0 Å². The van der Waals surface area contributed by atoms with Crippen LogP contribution in [-0.2, 0) is 11.2 Å². The van der Waals surface area contributed by atoms with E-state index in [0.29, 0.717) is 11.0 Å². The molecule has 2 saturated heterocycles. The molecule has 4 rings (SSSR count).